The minimum atomic E-state index is -1.09. The molecule has 1 aromatic carbocycles. The van der Waals surface area contributed by atoms with Crippen LogP contribution < -0.4 is 14.8 Å². The number of fused-ring (bicyclic) bond motifs is 3. The fraction of sp³-hybridized carbons (Fsp3) is 0.821. The Morgan fingerprint density at radius 2 is 1.65 bits per heavy atom. The molecule has 2 bridgehead atoms. The van der Waals surface area contributed by atoms with Gasteiger partial charge in [-0.25, -0.2) is 4.79 Å². The Kier molecular flexibility index (Phi) is 11.4. The quantitative estimate of drug-likeness (QED) is 0.134. The van der Waals surface area contributed by atoms with Gasteiger partial charge >= 0.3 is 6.16 Å². The molecule has 2 N–H and O–H groups in total. The van der Waals surface area contributed by atoms with Crippen LogP contribution in [0.1, 0.15) is 71.4 Å². The molecular weight excluding hydrogens is 656 g/mol. The summed E-state index contributed by atoms with van der Waals surface area (Å²) in [6.45, 7) is 18.6. The van der Waals surface area contributed by atoms with Crippen LogP contribution in [0.3, 0.4) is 0 Å². The lowest BCUT2D eigenvalue weighted by Crippen LogP contribution is -2.88. The molecule has 12 nitrogen and oxygen atoms in total. The second-order valence-electron chi connectivity index (χ2n) is 16.6. The molecule has 0 aromatic heterocycles. The molecule has 3 saturated heterocycles. The van der Waals surface area contributed by atoms with Gasteiger partial charge in [0.1, 0.15) is 6.61 Å². The summed E-state index contributed by atoms with van der Waals surface area (Å²) in [5.74, 6) is 1.40. The predicted octanol–water partition coefficient (Wildman–Crippen LogP) is 4.46. The van der Waals surface area contributed by atoms with E-state index in [2.05, 4.69) is 44.8 Å². The number of aliphatic hydroxyl groups is 1. The zero-order valence-electron chi connectivity index (χ0n) is 32.1. The number of rotatable bonds is 17. The molecule has 7 rings (SSSR count). The van der Waals surface area contributed by atoms with Crippen LogP contribution in [0.5, 0.6) is 11.5 Å². The van der Waals surface area contributed by atoms with E-state index in [9.17, 15) is 9.90 Å². The molecule has 2 aliphatic carbocycles. The molecule has 4 aliphatic heterocycles. The van der Waals surface area contributed by atoms with Crippen molar-refractivity contribution in [1.29, 1.82) is 0 Å². The summed E-state index contributed by atoms with van der Waals surface area (Å²) in [4.78, 5) is 15.7. The van der Waals surface area contributed by atoms with Crippen molar-refractivity contribution < 1.29 is 47.8 Å². The van der Waals surface area contributed by atoms with Crippen LogP contribution in [0, 0.1) is 29.6 Å². The molecule has 1 aromatic rings. The van der Waals surface area contributed by atoms with Crippen molar-refractivity contribution in [3.8, 4) is 11.5 Å². The van der Waals surface area contributed by atoms with E-state index in [4.69, 9.17) is 37.9 Å². The number of aryl methyl sites for hydroxylation is 1. The first kappa shape index (κ1) is 38.7. The Morgan fingerprint density at radius 3 is 2.25 bits per heavy atom. The summed E-state index contributed by atoms with van der Waals surface area (Å²) in [7, 11) is 3.37. The molecule has 6 aliphatic rings. The lowest BCUT2D eigenvalue weighted by atomic mass is 9.39. The van der Waals surface area contributed by atoms with Gasteiger partial charge < -0.3 is 43.0 Å². The third kappa shape index (κ3) is 6.70. The Hall–Kier alpha value is -2.03. The van der Waals surface area contributed by atoms with E-state index in [1.807, 2.05) is 13.0 Å². The number of nitrogens with one attached hydrogen (secondary N) is 1. The van der Waals surface area contributed by atoms with Gasteiger partial charge in [0, 0.05) is 50.2 Å². The Bertz CT molecular complexity index is 1380. The molecule has 4 heterocycles. The molecule has 0 amide bonds. The fourth-order valence-electron chi connectivity index (χ4n) is 9.74. The number of hydrogen-bond acceptors (Lipinski definition) is 12. The first-order valence-corrected chi connectivity index (χ1v) is 18.9. The van der Waals surface area contributed by atoms with Crippen molar-refractivity contribution in [2.24, 2.45) is 22.7 Å². The van der Waals surface area contributed by atoms with Gasteiger partial charge in [-0.05, 0) is 76.0 Å². The van der Waals surface area contributed by atoms with Gasteiger partial charge in [0.05, 0.1) is 57.3 Å². The van der Waals surface area contributed by atoms with E-state index >= 15 is 0 Å². The topological polar surface area (TPSA) is 126 Å². The molecular formula is C39H62N2O10. The van der Waals surface area contributed by atoms with Gasteiger partial charge in [0.25, 0.3) is 0 Å². The van der Waals surface area contributed by atoms with Gasteiger partial charge in [-0.15, -0.1) is 0 Å². The average molecular weight is 719 g/mol. The molecule has 2 spiro atoms. The summed E-state index contributed by atoms with van der Waals surface area (Å²) in [6.07, 6.45) is 2.98. The number of benzene rings is 1. The van der Waals surface area contributed by atoms with Crippen molar-refractivity contribution in [1.82, 2.24) is 10.2 Å². The van der Waals surface area contributed by atoms with Crippen LogP contribution >= 0.6 is 0 Å². The number of carbonyl (C=O) groups is 1. The third-order valence-corrected chi connectivity index (χ3v) is 13.2. The van der Waals surface area contributed by atoms with E-state index in [1.54, 1.807) is 20.3 Å². The molecule has 7 atom stereocenters. The van der Waals surface area contributed by atoms with Crippen LogP contribution in [0.15, 0.2) is 12.1 Å². The minimum absolute atomic E-state index is 0.0398. The minimum Gasteiger partial charge on any atom is -0.481 e. The van der Waals surface area contributed by atoms with Crippen molar-refractivity contribution in [2.45, 2.75) is 96.1 Å². The monoisotopic (exact) mass is 718 g/mol. The maximum Gasteiger partial charge on any atom is 0.514 e. The Labute approximate surface area is 304 Å². The maximum atomic E-state index is 13.1. The first-order chi connectivity index (χ1) is 24.3. The van der Waals surface area contributed by atoms with Gasteiger partial charge in [-0.1, -0.05) is 26.8 Å². The zero-order chi connectivity index (χ0) is 36.7. The van der Waals surface area contributed by atoms with E-state index in [0.717, 1.165) is 49.5 Å². The number of carbonyl (C=O) groups excluding carboxylic acids is 1. The molecule has 288 valence electrons. The first-order valence-electron chi connectivity index (χ1n) is 18.9. The molecule has 51 heavy (non-hydrogen) atoms. The fourth-order valence-corrected chi connectivity index (χ4v) is 9.74. The van der Waals surface area contributed by atoms with Crippen molar-refractivity contribution >= 4 is 6.16 Å². The van der Waals surface area contributed by atoms with Crippen molar-refractivity contribution in [2.75, 3.05) is 86.7 Å². The molecule has 5 fully saturated rings. The van der Waals surface area contributed by atoms with E-state index in [0.29, 0.717) is 51.1 Å². The normalized spacial score (nSPS) is 32.5. The Morgan fingerprint density at radius 1 is 1.00 bits per heavy atom. The number of nitrogens with zero attached hydrogens (tertiary/aromatic N) is 1. The summed E-state index contributed by atoms with van der Waals surface area (Å²) in [5.41, 5.74) is -0.992. The lowest BCUT2D eigenvalue weighted by molar-refractivity contribution is -0.316. The standard InChI is InChI=1S/C39H62N2O10/c1-26-9-12-29(50-34(42)49-22-21-48-20-19-47-18-17-46-16-15-44-7)32-31(26)38-13-14-41(24-28-10-11-28)27(2)37(38)23-30(36(6,43)35(3,4)5)39(45-8,40-25-37)33(38)51-32/h9,12,27-28,30,33,40,43H,10-11,13-25H2,1-8H3/t27?,30?,33-,36?,37+,38?,39-/m1/s1. The summed E-state index contributed by atoms with van der Waals surface area (Å²) in [6, 6.07) is 4.05. The number of hydrogen-bond donors (Lipinski definition) is 2. The van der Waals surface area contributed by atoms with E-state index in [-0.39, 0.29) is 30.6 Å². The van der Waals surface area contributed by atoms with Crippen LogP contribution in [-0.2, 0) is 33.8 Å². The molecule has 2 saturated carbocycles. The predicted molar refractivity (Wildman–Crippen MR) is 190 cm³/mol. The van der Waals surface area contributed by atoms with Crippen molar-refractivity contribution in [3.05, 3.63) is 23.3 Å². The lowest BCUT2D eigenvalue weighted by Gasteiger charge is -2.74. The molecule has 4 unspecified atom stereocenters. The van der Waals surface area contributed by atoms with Gasteiger partial charge in [-0.2, -0.15) is 0 Å². The summed E-state index contributed by atoms with van der Waals surface area (Å²) in [5, 5.41) is 16.3. The third-order valence-electron chi connectivity index (χ3n) is 13.2. The van der Waals surface area contributed by atoms with E-state index < -0.39 is 34.4 Å². The highest BCUT2D eigenvalue weighted by Gasteiger charge is 2.81. The number of ether oxygens (including phenoxy) is 8. The Balaban J connectivity index is 1.20. The van der Waals surface area contributed by atoms with Crippen LogP contribution in [-0.4, -0.2) is 126 Å². The highest BCUT2D eigenvalue weighted by Crippen LogP contribution is 2.72. The zero-order valence-corrected chi connectivity index (χ0v) is 32.1. The smallest absolute Gasteiger partial charge is 0.481 e. The van der Waals surface area contributed by atoms with Gasteiger partial charge in [0.2, 0.25) is 0 Å². The summed E-state index contributed by atoms with van der Waals surface area (Å²) < 4.78 is 46.4. The second-order valence-corrected chi connectivity index (χ2v) is 16.6. The van der Waals surface area contributed by atoms with E-state index in [1.165, 1.54) is 12.8 Å². The SMILES string of the molecule is COCCOCCOCCOCCOC(=O)Oc1ccc(C)c2c1O[C@@H]1C23CCN(CC2CC2)C(C)[C@]32CN[C@@]1(OC)C(C(C)(O)C(C)(C)C)C2. The number of likely N-dealkylation sites (tertiary alicyclic amines) is 1. The number of piperidine rings is 3. The number of methoxy groups -OCH3 is 2. The van der Waals surface area contributed by atoms with Crippen molar-refractivity contribution in [3.63, 3.8) is 0 Å². The maximum absolute atomic E-state index is 13.1. The largest absolute Gasteiger partial charge is 0.514 e. The highest BCUT2D eigenvalue weighted by molar-refractivity contribution is 5.69. The van der Waals surface area contributed by atoms with Gasteiger partial charge in [0.15, 0.2) is 23.3 Å². The van der Waals surface area contributed by atoms with Crippen LogP contribution in [0.25, 0.3) is 0 Å². The highest BCUT2D eigenvalue weighted by atomic mass is 16.7. The summed E-state index contributed by atoms with van der Waals surface area (Å²) >= 11 is 0. The van der Waals surface area contributed by atoms with Crippen LogP contribution in [0.4, 0.5) is 4.79 Å². The second kappa shape index (κ2) is 15.0. The van der Waals surface area contributed by atoms with Gasteiger partial charge in [-0.3, -0.25) is 10.2 Å². The van der Waals surface area contributed by atoms with Crippen LogP contribution in [0.2, 0.25) is 0 Å². The molecule has 12 heteroatoms. The molecule has 0 radical (unpaired) electrons. The average Bonchev–Trinajstić information content (AvgIpc) is 3.84.